The number of carbonyl (C=O) groups excluding carboxylic acids is 1. The van der Waals surface area contributed by atoms with Gasteiger partial charge in [0.15, 0.2) is 0 Å². The number of hydrogen-bond donors (Lipinski definition) is 5. The Morgan fingerprint density at radius 2 is 1.14 bits per heavy atom. The molecule has 0 aromatic carbocycles. The minimum Gasteiger partial charge on any atom is -0.393 e. The maximum Gasteiger partial charge on any atom is 0.472 e. The van der Waals surface area contributed by atoms with E-state index in [1.807, 2.05) is 6.08 Å². The molecule has 51 heavy (non-hydrogen) atoms. The number of aliphatic hydroxyl groups excluding tert-OH is 2. The average molecular weight is 743 g/mol. The lowest BCUT2D eigenvalue weighted by molar-refractivity contribution is -0.124. The van der Waals surface area contributed by atoms with Crippen molar-refractivity contribution in [2.24, 2.45) is 5.73 Å². The summed E-state index contributed by atoms with van der Waals surface area (Å²) >= 11 is 0. The Balaban J connectivity index is 4.41. The molecule has 0 bridgehead atoms. The van der Waals surface area contributed by atoms with E-state index in [4.69, 9.17) is 14.8 Å². The summed E-state index contributed by atoms with van der Waals surface area (Å²) in [4.78, 5) is 22.7. The smallest absolute Gasteiger partial charge is 0.393 e. The fourth-order valence-electron chi connectivity index (χ4n) is 5.87. The van der Waals surface area contributed by atoms with Crippen LogP contribution >= 0.6 is 7.82 Å². The molecular formula is C41H79N2O7P. The van der Waals surface area contributed by atoms with E-state index >= 15 is 0 Å². The minimum absolute atomic E-state index is 0.0461. The number of hydrogen-bond acceptors (Lipinski definition) is 7. The lowest BCUT2D eigenvalue weighted by Gasteiger charge is -2.24. The van der Waals surface area contributed by atoms with Crippen LogP contribution in [0.5, 0.6) is 0 Å². The summed E-state index contributed by atoms with van der Waals surface area (Å²) in [7, 11) is -4.40. The van der Waals surface area contributed by atoms with Gasteiger partial charge in [-0.2, -0.15) is 0 Å². The van der Waals surface area contributed by atoms with Gasteiger partial charge >= 0.3 is 7.82 Å². The summed E-state index contributed by atoms with van der Waals surface area (Å²) in [6.45, 7) is 3.92. The molecule has 0 aromatic rings. The largest absolute Gasteiger partial charge is 0.472 e. The molecule has 0 saturated heterocycles. The van der Waals surface area contributed by atoms with Gasteiger partial charge in [-0.25, -0.2) is 4.57 Å². The summed E-state index contributed by atoms with van der Waals surface area (Å²) in [6, 6.07) is -0.988. The maximum absolute atomic E-state index is 12.8. The summed E-state index contributed by atoms with van der Waals surface area (Å²) in [5, 5.41) is 24.0. The Kier molecular flexibility index (Phi) is 36.1. The second kappa shape index (κ2) is 37.0. The zero-order chi connectivity index (χ0) is 37.7. The number of aliphatic hydroxyl groups is 2. The highest BCUT2D eigenvalue weighted by atomic mass is 31.2. The number of phosphoric acid groups is 1. The molecular weight excluding hydrogens is 663 g/mol. The zero-order valence-corrected chi connectivity index (χ0v) is 33.6. The molecule has 0 fully saturated rings. The Hall–Kier alpha value is -1.32. The van der Waals surface area contributed by atoms with Crippen LogP contribution < -0.4 is 11.1 Å². The molecule has 0 aliphatic carbocycles. The quantitative estimate of drug-likeness (QED) is 0.0181. The van der Waals surface area contributed by atoms with Crippen molar-refractivity contribution in [1.29, 1.82) is 0 Å². The van der Waals surface area contributed by atoms with Crippen LogP contribution in [0.3, 0.4) is 0 Å². The van der Waals surface area contributed by atoms with E-state index in [1.54, 1.807) is 6.08 Å². The highest BCUT2D eigenvalue weighted by molar-refractivity contribution is 7.47. The molecule has 0 radical (unpaired) electrons. The van der Waals surface area contributed by atoms with Crippen molar-refractivity contribution >= 4 is 13.7 Å². The van der Waals surface area contributed by atoms with Crippen LogP contribution in [-0.2, 0) is 18.4 Å². The number of rotatable bonds is 38. The number of phosphoric ester groups is 1. The molecule has 4 atom stereocenters. The van der Waals surface area contributed by atoms with E-state index in [9.17, 15) is 24.5 Å². The second-order valence-corrected chi connectivity index (χ2v) is 15.5. The maximum atomic E-state index is 12.8. The van der Waals surface area contributed by atoms with Gasteiger partial charge in [-0.1, -0.05) is 166 Å². The molecule has 0 aromatic heterocycles. The Labute approximate surface area is 312 Å². The highest BCUT2D eigenvalue weighted by Crippen LogP contribution is 2.43. The molecule has 4 unspecified atom stereocenters. The SMILES string of the molecule is CCCCC/C=C\C=C/CCCCCCC(O)CC(=O)NC(COP(=O)(O)OCCN)C(O)/C=C/CCCCCCCCCCCCCCCC. The molecule has 10 heteroatoms. The molecule has 300 valence electrons. The summed E-state index contributed by atoms with van der Waals surface area (Å²) < 4.78 is 22.0. The van der Waals surface area contributed by atoms with Crippen LogP contribution in [-0.4, -0.2) is 59.0 Å². The predicted molar refractivity (Wildman–Crippen MR) is 214 cm³/mol. The first-order chi connectivity index (χ1) is 24.8. The van der Waals surface area contributed by atoms with Crippen LogP contribution in [0.4, 0.5) is 0 Å². The minimum atomic E-state index is -4.40. The van der Waals surface area contributed by atoms with Gasteiger partial charge in [0.1, 0.15) is 0 Å². The molecule has 0 aliphatic heterocycles. The zero-order valence-electron chi connectivity index (χ0n) is 32.7. The lowest BCUT2D eigenvalue weighted by Crippen LogP contribution is -2.46. The normalized spacial score (nSPS) is 15.2. The Bertz CT molecular complexity index is 914. The van der Waals surface area contributed by atoms with Crippen molar-refractivity contribution in [2.45, 2.75) is 199 Å². The van der Waals surface area contributed by atoms with Crippen molar-refractivity contribution in [3.05, 3.63) is 36.5 Å². The number of allylic oxidation sites excluding steroid dienone is 5. The molecule has 0 aliphatic rings. The fourth-order valence-corrected chi connectivity index (χ4v) is 6.63. The van der Waals surface area contributed by atoms with E-state index in [1.165, 1.54) is 96.3 Å². The van der Waals surface area contributed by atoms with Crippen molar-refractivity contribution in [3.63, 3.8) is 0 Å². The first-order valence-corrected chi connectivity index (χ1v) is 22.2. The third kappa shape index (κ3) is 35.5. The van der Waals surface area contributed by atoms with Crippen LogP contribution in [0.25, 0.3) is 0 Å². The van der Waals surface area contributed by atoms with E-state index in [0.29, 0.717) is 6.42 Å². The average Bonchev–Trinajstić information content (AvgIpc) is 3.10. The van der Waals surface area contributed by atoms with Crippen molar-refractivity contribution < 1.29 is 33.5 Å². The summed E-state index contributed by atoms with van der Waals surface area (Å²) in [5.41, 5.74) is 5.35. The van der Waals surface area contributed by atoms with Gasteiger partial charge in [0.05, 0.1) is 37.9 Å². The number of amides is 1. The third-order valence-corrected chi connectivity index (χ3v) is 10.0. The first kappa shape index (κ1) is 49.7. The van der Waals surface area contributed by atoms with Gasteiger partial charge in [-0.3, -0.25) is 13.8 Å². The van der Waals surface area contributed by atoms with Crippen LogP contribution in [0, 0.1) is 0 Å². The second-order valence-electron chi connectivity index (χ2n) is 14.1. The van der Waals surface area contributed by atoms with Gasteiger partial charge in [0.2, 0.25) is 5.91 Å². The van der Waals surface area contributed by atoms with Crippen LogP contribution in [0.1, 0.15) is 181 Å². The van der Waals surface area contributed by atoms with Gasteiger partial charge < -0.3 is 26.2 Å². The topological polar surface area (TPSA) is 151 Å². The van der Waals surface area contributed by atoms with Crippen molar-refractivity contribution in [3.8, 4) is 0 Å². The number of carbonyl (C=O) groups is 1. The van der Waals surface area contributed by atoms with Crippen molar-refractivity contribution in [2.75, 3.05) is 19.8 Å². The fraction of sp³-hybridized carbons (Fsp3) is 0.829. The van der Waals surface area contributed by atoms with E-state index in [0.717, 1.165) is 57.8 Å². The standard InChI is InChI=1S/C41H79N2O7P/c1-3-5-7-9-11-13-15-17-18-19-21-23-25-27-29-31-33-40(45)39(37-50-51(47,48)49-35-34-42)43-41(46)36-38(44)32-30-28-26-24-22-20-16-14-12-10-8-6-4-2/h12,14,16,20,31,33,38-40,44-45H,3-11,13,15,17-19,21-30,32,34-37,42H2,1-2H3,(H,43,46)(H,47,48)/b14-12-,20-16-,33-31+. The summed E-state index contributed by atoms with van der Waals surface area (Å²) in [5.74, 6) is -0.459. The van der Waals surface area contributed by atoms with E-state index in [2.05, 4.69) is 43.5 Å². The molecule has 0 saturated carbocycles. The third-order valence-electron chi connectivity index (χ3n) is 9.04. The van der Waals surface area contributed by atoms with E-state index < -0.39 is 38.6 Å². The molecule has 0 heterocycles. The molecule has 6 N–H and O–H groups in total. The predicted octanol–water partition coefficient (Wildman–Crippen LogP) is 10.1. The van der Waals surface area contributed by atoms with Crippen LogP contribution in [0.15, 0.2) is 36.5 Å². The summed E-state index contributed by atoms with van der Waals surface area (Å²) in [6.07, 6.45) is 39.4. The number of unbranched alkanes of at least 4 members (excludes halogenated alkanes) is 21. The van der Waals surface area contributed by atoms with Crippen molar-refractivity contribution in [1.82, 2.24) is 5.32 Å². The van der Waals surface area contributed by atoms with Gasteiger partial charge in [0, 0.05) is 6.54 Å². The molecule has 0 spiro atoms. The Morgan fingerprint density at radius 3 is 1.67 bits per heavy atom. The lowest BCUT2D eigenvalue weighted by atomic mass is 10.0. The van der Waals surface area contributed by atoms with Gasteiger partial charge in [-0.15, -0.1) is 0 Å². The number of nitrogens with one attached hydrogen (secondary N) is 1. The van der Waals surface area contributed by atoms with Gasteiger partial charge in [-0.05, 0) is 44.9 Å². The number of nitrogens with two attached hydrogens (primary N) is 1. The molecule has 1 amide bonds. The highest BCUT2D eigenvalue weighted by Gasteiger charge is 2.27. The Morgan fingerprint density at radius 1 is 0.686 bits per heavy atom. The van der Waals surface area contributed by atoms with E-state index in [-0.39, 0.29) is 19.6 Å². The van der Waals surface area contributed by atoms with Crippen LogP contribution in [0.2, 0.25) is 0 Å². The molecule has 9 nitrogen and oxygen atoms in total. The van der Waals surface area contributed by atoms with Gasteiger partial charge in [0.25, 0.3) is 0 Å². The monoisotopic (exact) mass is 743 g/mol. The molecule has 0 rings (SSSR count). The first-order valence-electron chi connectivity index (χ1n) is 20.7.